The Morgan fingerprint density at radius 3 is 2.48 bits per heavy atom. The summed E-state index contributed by atoms with van der Waals surface area (Å²) >= 11 is 0. The fraction of sp³-hybridized carbons (Fsp3) is 0.120. The molecule has 4 aromatic rings. The minimum atomic E-state index is -0.121. The fourth-order valence-corrected chi connectivity index (χ4v) is 3.39. The Labute approximate surface area is 170 Å². The molecule has 0 spiro atoms. The number of methoxy groups -OCH3 is 1. The Balaban J connectivity index is 1.75. The van der Waals surface area contributed by atoms with Gasteiger partial charge in [0.1, 0.15) is 5.75 Å². The monoisotopic (exact) mass is 382 g/mol. The van der Waals surface area contributed by atoms with Crippen LogP contribution in [0.1, 0.15) is 28.9 Å². The molecule has 0 bridgehead atoms. The molecule has 0 saturated carbocycles. The summed E-state index contributed by atoms with van der Waals surface area (Å²) in [5.41, 5.74) is 4.09. The van der Waals surface area contributed by atoms with E-state index in [9.17, 15) is 4.79 Å². The first-order chi connectivity index (χ1) is 14.2. The summed E-state index contributed by atoms with van der Waals surface area (Å²) in [7, 11) is 1.64. The number of carbonyl (C=O) groups is 1. The van der Waals surface area contributed by atoms with E-state index in [2.05, 4.69) is 5.32 Å². The number of hydrogen-bond donors (Lipinski definition) is 1. The van der Waals surface area contributed by atoms with Gasteiger partial charge in [0.2, 0.25) is 0 Å². The maximum atomic E-state index is 13.2. The van der Waals surface area contributed by atoms with E-state index in [1.54, 1.807) is 7.11 Å². The summed E-state index contributed by atoms with van der Waals surface area (Å²) in [6.45, 7) is 1.99. The van der Waals surface area contributed by atoms with E-state index >= 15 is 0 Å². The quantitative estimate of drug-likeness (QED) is 0.503. The molecule has 0 aliphatic heterocycles. The summed E-state index contributed by atoms with van der Waals surface area (Å²) in [6, 6.07) is 27.1. The Kier molecular flexibility index (Phi) is 5.25. The first kappa shape index (κ1) is 18.7. The zero-order valence-electron chi connectivity index (χ0n) is 16.4. The number of nitrogens with zero attached hydrogens (tertiary/aromatic N) is 1. The second-order valence-corrected chi connectivity index (χ2v) is 6.91. The van der Waals surface area contributed by atoms with Crippen molar-refractivity contribution in [2.75, 3.05) is 7.11 Å². The number of nitrogens with one attached hydrogen (secondary N) is 1. The lowest BCUT2D eigenvalue weighted by Gasteiger charge is -2.16. The zero-order chi connectivity index (χ0) is 20.2. The van der Waals surface area contributed by atoms with Crippen LogP contribution in [0.5, 0.6) is 5.75 Å². The molecule has 1 aromatic heterocycles. The fourth-order valence-electron chi connectivity index (χ4n) is 3.39. The summed E-state index contributed by atoms with van der Waals surface area (Å²) in [5, 5.41) is 3.94. The molecule has 4 nitrogen and oxygen atoms in total. The van der Waals surface area contributed by atoms with Crippen molar-refractivity contribution in [3.8, 4) is 17.0 Å². The zero-order valence-corrected chi connectivity index (χ0v) is 16.4. The average Bonchev–Trinajstić information content (AvgIpc) is 2.78. The van der Waals surface area contributed by atoms with Crippen molar-refractivity contribution in [2.45, 2.75) is 13.0 Å². The molecule has 0 radical (unpaired) electrons. The van der Waals surface area contributed by atoms with E-state index < -0.39 is 0 Å². The minimum Gasteiger partial charge on any atom is -0.497 e. The number of hydrogen-bond acceptors (Lipinski definition) is 3. The van der Waals surface area contributed by atoms with Crippen LogP contribution in [0.3, 0.4) is 0 Å². The van der Waals surface area contributed by atoms with Gasteiger partial charge in [-0.1, -0.05) is 60.7 Å². The molecule has 3 aromatic carbocycles. The number of rotatable bonds is 5. The SMILES string of the molecule is COc1cccc(-c2cc(C(=O)NC(C)c3ccccc3)c3ccccc3n2)c1. The van der Waals surface area contributed by atoms with Crippen LogP contribution in [0.25, 0.3) is 22.2 Å². The molecule has 0 fully saturated rings. The van der Waals surface area contributed by atoms with Gasteiger partial charge in [-0.3, -0.25) is 4.79 Å². The Morgan fingerprint density at radius 2 is 1.69 bits per heavy atom. The standard InChI is InChI=1S/C25H22N2O2/c1-17(18-9-4-3-5-10-18)26-25(28)22-16-24(19-11-8-12-20(15-19)29-2)27-23-14-7-6-13-21(22)23/h3-17H,1-2H3,(H,26,28). The van der Waals surface area contributed by atoms with Gasteiger partial charge in [-0.15, -0.1) is 0 Å². The Hall–Kier alpha value is -3.66. The summed E-state index contributed by atoms with van der Waals surface area (Å²) in [6.07, 6.45) is 0. The molecule has 1 N–H and O–H groups in total. The second-order valence-electron chi connectivity index (χ2n) is 6.91. The number of para-hydroxylation sites is 1. The molecule has 1 atom stereocenters. The maximum absolute atomic E-state index is 13.2. The van der Waals surface area contributed by atoms with Gasteiger partial charge in [-0.2, -0.15) is 0 Å². The highest BCUT2D eigenvalue weighted by molar-refractivity contribution is 6.07. The van der Waals surface area contributed by atoms with Gasteiger partial charge in [0.25, 0.3) is 5.91 Å². The number of pyridine rings is 1. The number of amides is 1. The van der Waals surface area contributed by atoms with Gasteiger partial charge in [0.05, 0.1) is 29.9 Å². The number of carbonyl (C=O) groups excluding carboxylic acids is 1. The molecule has 0 saturated heterocycles. The second kappa shape index (κ2) is 8.15. The van der Waals surface area contributed by atoms with E-state index in [0.717, 1.165) is 33.5 Å². The van der Waals surface area contributed by atoms with Crippen LogP contribution in [0.15, 0.2) is 84.9 Å². The number of aromatic nitrogens is 1. The number of ether oxygens (including phenoxy) is 1. The van der Waals surface area contributed by atoms with Gasteiger partial charge in [0.15, 0.2) is 0 Å². The van der Waals surface area contributed by atoms with E-state index in [-0.39, 0.29) is 11.9 Å². The van der Waals surface area contributed by atoms with Crippen LogP contribution < -0.4 is 10.1 Å². The average molecular weight is 382 g/mol. The molecule has 4 rings (SSSR count). The molecule has 1 amide bonds. The lowest BCUT2D eigenvalue weighted by atomic mass is 10.0. The van der Waals surface area contributed by atoms with Crippen molar-refractivity contribution in [2.24, 2.45) is 0 Å². The Bertz CT molecular complexity index is 1160. The van der Waals surface area contributed by atoms with Crippen molar-refractivity contribution in [1.82, 2.24) is 10.3 Å². The molecule has 144 valence electrons. The highest BCUT2D eigenvalue weighted by Crippen LogP contribution is 2.27. The van der Waals surface area contributed by atoms with Crippen molar-refractivity contribution in [1.29, 1.82) is 0 Å². The normalized spacial score (nSPS) is 11.8. The van der Waals surface area contributed by atoms with E-state index in [1.165, 1.54) is 0 Å². The van der Waals surface area contributed by atoms with Crippen LogP contribution in [0.2, 0.25) is 0 Å². The highest BCUT2D eigenvalue weighted by atomic mass is 16.5. The maximum Gasteiger partial charge on any atom is 0.252 e. The molecular weight excluding hydrogens is 360 g/mol. The van der Waals surface area contributed by atoms with Crippen LogP contribution >= 0.6 is 0 Å². The molecule has 29 heavy (non-hydrogen) atoms. The van der Waals surface area contributed by atoms with Crippen LogP contribution in [0.4, 0.5) is 0 Å². The third kappa shape index (κ3) is 3.97. The van der Waals surface area contributed by atoms with Gasteiger partial charge in [-0.25, -0.2) is 4.98 Å². The largest absolute Gasteiger partial charge is 0.497 e. The summed E-state index contributed by atoms with van der Waals surface area (Å²) in [5.74, 6) is 0.630. The lowest BCUT2D eigenvalue weighted by molar-refractivity contribution is 0.0941. The number of fused-ring (bicyclic) bond motifs is 1. The Morgan fingerprint density at radius 1 is 0.931 bits per heavy atom. The smallest absolute Gasteiger partial charge is 0.252 e. The molecular formula is C25H22N2O2. The van der Waals surface area contributed by atoms with Gasteiger partial charge >= 0.3 is 0 Å². The highest BCUT2D eigenvalue weighted by Gasteiger charge is 2.16. The van der Waals surface area contributed by atoms with Crippen molar-refractivity contribution in [3.05, 3.63) is 96.1 Å². The van der Waals surface area contributed by atoms with E-state index in [0.29, 0.717) is 5.56 Å². The predicted molar refractivity (Wildman–Crippen MR) is 116 cm³/mol. The summed E-state index contributed by atoms with van der Waals surface area (Å²) < 4.78 is 5.34. The molecule has 0 aliphatic rings. The predicted octanol–water partition coefficient (Wildman–Crippen LogP) is 5.40. The molecule has 1 heterocycles. The minimum absolute atomic E-state index is 0.101. The van der Waals surface area contributed by atoms with Crippen molar-refractivity contribution < 1.29 is 9.53 Å². The number of benzene rings is 3. The molecule has 4 heteroatoms. The van der Waals surface area contributed by atoms with Gasteiger partial charge < -0.3 is 10.1 Å². The lowest BCUT2D eigenvalue weighted by Crippen LogP contribution is -2.27. The summed E-state index contributed by atoms with van der Waals surface area (Å²) in [4.78, 5) is 18.0. The third-order valence-corrected chi connectivity index (χ3v) is 4.97. The van der Waals surface area contributed by atoms with Crippen LogP contribution in [-0.2, 0) is 0 Å². The van der Waals surface area contributed by atoms with E-state index in [1.807, 2.05) is 91.9 Å². The molecule has 0 aliphatic carbocycles. The van der Waals surface area contributed by atoms with E-state index in [4.69, 9.17) is 9.72 Å². The van der Waals surface area contributed by atoms with Crippen LogP contribution in [0, 0.1) is 0 Å². The topological polar surface area (TPSA) is 51.2 Å². The first-order valence-electron chi connectivity index (χ1n) is 9.56. The van der Waals surface area contributed by atoms with Crippen LogP contribution in [-0.4, -0.2) is 18.0 Å². The third-order valence-electron chi connectivity index (χ3n) is 4.97. The van der Waals surface area contributed by atoms with Gasteiger partial charge in [0, 0.05) is 10.9 Å². The first-order valence-corrected chi connectivity index (χ1v) is 9.56. The van der Waals surface area contributed by atoms with Crippen molar-refractivity contribution >= 4 is 16.8 Å². The molecule has 1 unspecified atom stereocenters. The van der Waals surface area contributed by atoms with Gasteiger partial charge in [-0.05, 0) is 36.8 Å². The van der Waals surface area contributed by atoms with Crippen molar-refractivity contribution in [3.63, 3.8) is 0 Å².